The number of primary amides is 1. The van der Waals surface area contributed by atoms with Crippen LogP contribution >= 0.6 is 22.9 Å². The molecule has 0 aromatic carbocycles. The monoisotopic (exact) mass is 288 g/mol. The summed E-state index contributed by atoms with van der Waals surface area (Å²) in [5, 5.41) is 2.40. The van der Waals surface area contributed by atoms with Crippen molar-refractivity contribution in [2.24, 2.45) is 5.73 Å². The fraction of sp³-hybridized carbons (Fsp3) is 0.364. The Labute approximate surface area is 113 Å². The fourth-order valence-electron chi connectivity index (χ4n) is 1.20. The van der Waals surface area contributed by atoms with Gasteiger partial charge in [-0.3, -0.25) is 14.4 Å². The Balaban J connectivity index is 2.39. The van der Waals surface area contributed by atoms with Crippen LogP contribution in [-0.4, -0.2) is 23.6 Å². The van der Waals surface area contributed by atoms with Gasteiger partial charge in [-0.25, -0.2) is 0 Å². The van der Waals surface area contributed by atoms with E-state index in [-0.39, 0.29) is 24.5 Å². The van der Waals surface area contributed by atoms with Crippen LogP contribution in [0, 0.1) is 0 Å². The zero-order valence-electron chi connectivity index (χ0n) is 9.73. The average Bonchev–Trinajstić information content (AvgIpc) is 2.72. The van der Waals surface area contributed by atoms with Crippen LogP contribution in [0.1, 0.15) is 29.4 Å². The highest BCUT2D eigenvalue weighted by Crippen LogP contribution is 2.22. The van der Waals surface area contributed by atoms with E-state index < -0.39 is 11.9 Å². The van der Waals surface area contributed by atoms with Crippen molar-refractivity contribution in [3.63, 3.8) is 0 Å². The van der Waals surface area contributed by atoms with Crippen molar-refractivity contribution in [3.05, 3.63) is 21.3 Å². The lowest BCUT2D eigenvalue weighted by Crippen LogP contribution is -2.42. The molecule has 2 amide bonds. The molecular weight excluding hydrogens is 276 g/mol. The Hall–Kier alpha value is -1.40. The number of hydrogen-bond donors (Lipinski definition) is 2. The van der Waals surface area contributed by atoms with Crippen LogP contribution in [-0.2, 0) is 9.59 Å². The molecule has 0 fully saturated rings. The van der Waals surface area contributed by atoms with E-state index in [1.165, 1.54) is 18.3 Å². The van der Waals surface area contributed by atoms with Crippen LogP contribution in [0.3, 0.4) is 0 Å². The number of nitrogens with one attached hydrogen (secondary N) is 1. The molecule has 1 unspecified atom stereocenters. The summed E-state index contributed by atoms with van der Waals surface area (Å²) in [6.07, 6.45) is 0.0974. The molecule has 0 radical (unpaired) electrons. The molecule has 5 nitrogen and oxygen atoms in total. The zero-order valence-corrected chi connectivity index (χ0v) is 11.3. The number of nitrogens with two attached hydrogens (primary N) is 1. The predicted octanol–water partition coefficient (Wildman–Crippen LogP) is 1.35. The minimum atomic E-state index is -0.733. The predicted molar refractivity (Wildman–Crippen MR) is 69.7 cm³/mol. The van der Waals surface area contributed by atoms with E-state index in [1.54, 1.807) is 12.1 Å². The third-order valence-corrected chi connectivity index (χ3v) is 3.50. The van der Waals surface area contributed by atoms with Crippen molar-refractivity contribution >= 4 is 40.5 Å². The van der Waals surface area contributed by atoms with Gasteiger partial charge in [0.05, 0.1) is 9.21 Å². The molecule has 1 atom stereocenters. The summed E-state index contributed by atoms with van der Waals surface area (Å²) < 4.78 is 0.533. The van der Waals surface area contributed by atoms with E-state index in [9.17, 15) is 14.4 Å². The Morgan fingerprint density at radius 3 is 2.56 bits per heavy atom. The van der Waals surface area contributed by atoms with Gasteiger partial charge < -0.3 is 11.1 Å². The summed E-state index contributed by atoms with van der Waals surface area (Å²) in [6, 6.07) is 2.53. The molecule has 7 heteroatoms. The minimum absolute atomic E-state index is 0.0198. The number of carbonyl (C=O) groups excluding carboxylic acids is 3. The van der Waals surface area contributed by atoms with Gasteiger partial charge in [-0.05, 0) is 19.1 Å². The smallest absolute Gasteiger partial charge is 0.239 e. The lowest BCUT2D eigenvalue weighted by molar-refractivity contribution is -0.126. The van der Waals surface area contributed by atoms with Gasteiger partial charge in [0, 0.05) is 12.8 Å². The van der Waals surface area contributed by atoms with Gasteiger partial charge in [-0.2, -0.15) is 0 Å². The van der Waals surface area contributed by atoms with E-state index in [1.807, 2.05) is 0 Å². The number of carbonyl (C=O) groups is 3. The van der Waals surface area contributed by atoms with E-state index in [4.69, 9.17) is 17.3 Å². The van der Waals surface area contributed by atoms with Crippen LogP contribution in [0.25, 0.3) is 0 Å². The molecular formula is C11H13ClN2O3S. The number of thiophene rings is 1. The maximum Gasteiger partial charge on any atom is 0.239 e. The van der Waals surface area contributed by atoms with Crippen molar-refractivity contribution in [3.8, 4) is 0 Å². The third kappa shape index (κ3) is 4.46. The molecule has 0 saturated heterocycles. The maximum absolute atomic E-state index is 11.7. The highest BCUT2D eigenvalue weighted by Gasteiger charge is 2.14. The standard InChI is InChI=1S/C11H13ClN2O3S/c1-6(11(13)17)14-10(16)5-2-7(15)8-3-4-9(12)18-8/h3-4,6H,2,5H2,1H3,(H2,13,17)(H,14,16). The normalized spacial score (nSPS) is 11.9. The number of Topliss-reactive ketones (excluding diaryl/α,β-unsaturated/α-hetero) is 1. The van der Waals surface area contributed by atoms with Gasteiger partial charge in [-0.15, -0.1) is 11.3 Å². The van der Waals surface area contributed by atoms with Crippen LogP contribution in [0.4, 0.5) is 0 Å². The van der Waals surface area contributed by atoms with Crippen molar-refractivity contribution in [1.29, 1.82) is 0 Å². The second-order valence-electron chi connectivity index (χ2n) is 3.72. The summed E-state index contributed by atoms with van der Waals surface area (Å²) >= 11 is 6.88. The first-order valence-electron chi connectivity index (χ1n) is 5.27. The first-order chi connectivity index (χ1) is 8.40. The molecule has 0 aliphatic carbocycles. The molecule has 0 aliphatic rings. The molecule has 1 aromatic heterocycles. The number of ketones is 1. The average molecular weight is 289 g/mol. The van der Waals surface area contributed by atoms with Crippen molar-refractivity contribution in [2.45, 2.75) is 25.8 Å². The highest BCUT2D eigenvalue weighted by molar-refractivity contribution is 7.18. The molecule has 0 bridgehead atoms. The summed E-state index contributed by atoms with van der Waals surface area (Å²) in [7, 11) is 0. The Morgan fingerprint density at radius 2 is 2.06 bits per heavy atom. The number of halogens is 1. The first kappa shape index (κ1) is 14.7. The quantitative estimate of drug-likeness (QED) is 0.774. The molecule has 0 aliphatic heterocycles. The van der Waals surface area contributed by atoms with Crippen molar-refractivity contribution < 1.29 is 14.4 Å². The third-order valence-electron chi connectivity index (χ3n) is 2.23. The van der Waals surface area contributed by atoms with Crippen LogP contribution in [0.15, 0.2) is 12.1 Å². The Kier molecular flexibility index (Phi) is 5.30. The summed E-state index contributed by atoms with van der Waals surface area (Å²) in [5.74, 6) is -1.13. The van der Waals surface area contributed by atoms with Gasteiger partial charge in [0.2, 0.25) is 11.8 Å². The largest absolute Gasteiger partial charge is 0.368 e. The molecule has 1 aromatic rings. The molecule has 0 spiro atoms. The number of rotatable bonds is 6. The summed E-state index contributed by atoms with van der Waals surface area (Å²) in [6.45, 7) is 1.49. The molecule has 1 rings (SSSR count). The first-order valence-corrected chi connectivity index (χ1v) is 6.47. The SMILES string of the molecule is CC(NC(=O)CCC(=O)c1ccc(Cl)s1)C(N)=O. The maximum atomic E-state index is 11.7. The van der Waals surface area contributed by atoms with E-state index in [0.717, 1.165) is 0 Å². The van der Waals surface area contributed by atoms with Crippen molar-refractivity contribution in [1.82, 2.24) is 5.32 Å². The zero-order chi connectivity index (χ0) is 13.7. The van der Waals surface area contributed by atoms with Gasteiger partial charge in [0.1, 0.15) is 6.04 Å². The topological polar surface area (TPSA) is 89.3 Å². The van der Waals surface area contributed by atoms with E-state index >= 15 is 0 Å². The number of hydrogen-bond acceptors (Lipinski definition) is 4. The van der Waals surface area contributed by atoms with Gasteiger partial charge in [-0.1, -0.05) is 11.6 Å². The Morgan fingerprint density at radius 1 is 1.39 bits per heavy atom. The Bertz CT molecular complexity index is 473. The number of amides is 2. The lowest BCUT2D eigenvalue weighted by Gasteiger charge is -2.09. The minimum Gasteiger partial charge on any atom is -0.368 e. The molecule has 18 heavy (non-hydrogen) atoms. The summed E-state index contributed by atoms with van der Waals surface area (Å²) in [5.41, 5.74) is 5.00. The fourth-order valence-corrected chi connectivity index (χ4v) is 2.21. The molecule has 98 valence electrons. The molecule has 0 saturated carbocycles. The van der Waals surface area contributed by atoms with Crippen LogP contribution in [0.2, 0.25) is 4.34 Å². The second kappa shape index (κ2) is 6.51. The van der Waals surface area contributed by atoms with Gasteiger partial charge >= 0.3 is 0 Å². The molecule has 1 heterocycles. The van der Waals surface area contributed by atoms with E-state index in [2.05, 4.69) is 5.32 Å². The van der Waals surface area contributed by atoms with Gasteiger partial charge in [0.15, 0.2) is 5.78 Å². The van der Waals surface area contributed by atoms with Gasteiger partial charge in [0.25, 0.3) is 0 Å². The van der Waals surface area contributed by atoms with Crippen molar-refractivity contribution in [2.75, 3.05) is 0 Å². The van der Waals surface area contributed by atoms with Crippen LogP contribution < -0.4 is 11.1 Å². The lowest BCUT2D eigenvalue weighted by atomic mass is 10.2. The van der Waals surface area contributed by atoms with E-state index in [0.29, 0.717) is 9.21 Å². The van der Waals surface area contributed by atoms with Crippen LogP contribution in [0.5, 0.6) is 0 Å². The molecule has 3 N–H and O–H groups in total. The summed E-state index contributed by atoms with van der Waals surface area (Å²) in [4.78, 5) is 34.3. The second-order valence-corrected chi connectivity index (χ2v) is 5.43. The highest BCUT2D eigenvalue weighted by atomic mass is 35.5.